The van der Waals surface area contributed by atoms with Gasteiger partial charge in [0.25, 0.3) is 0 Å². The Morgan fingerprint density at radius 1 is 0.969 bits per heavy atom. The second-order valence-electron chi connectivity index (χ2n) is 7.06. The van der Waals surface area contributed by atoms with Crippen LogP contribution in [-0.4, -0.2) is 34.7 Å². The topological polar surface area (TPSA) is 35.9 Å². The Morgan fingerprint density at radius 2 is 1.56 bits per heavy atom. The number of aliphatic imine (C=N–C) groups is 1. The number of amides is 2. The first-order valence-electron chi connectivity index (χ1n) is 9.07. The molecule has 0 saturated carbocycles. The van der Waals surface area contributed by atoms with Crippen molar-refractivity contribution in [1.29, 1.82) is 0 Å². The Morgan fingerprint density at radius 3 is 2.12 bits per heavy atom. The second kappa shape index (κ2) is 8.64. The Labute approximate surface area is 182 Å². The minimum Gasteiger partial charge on any atom is -0.281 e. The van der Waals surface area contributed by atoms with Gasteiger partial charge in [0.2, 0.25) is 0 Å². The number of benzene rings is 2. The van der Waals surface area contributed by atoms with Gasteiger partial charge in [0.15, 0.2) is 5.17 Å². The SMILES string of the molecule is Cc1ccc(N2CSC(=NC(F)(F)c3ccc(C)cc3F)N(CC(F)(F)F)C2=O)c(F)c1. The number of carbonyl (C=O) groups excluding carboxylic acids is 1. The van der Waals surface area contributed by atoms with E-state index in [0.29, 0.717) is 27.8 Å². The van der Waals surface area contributed by atoms with E-state index >= 15 is 0 Å². The monoisotopic (exact) mass is 479 g/mol. The lowest BCUT2D eigenvalue weighted by molar-refractivity contribution is -0.133. The molecule has 3 rings (SSSR count). The highest BCUT2D eigenvalue weighted by molar-refractivity contribution is 8.14. The first kappa shape index (κ1) is 23.9. The predicted molar refractivity (Wildman–Crippen MR) is 107 cm³/mol. The molecule has 0 bridgehead atoms. The number of amidine groups is 1. The molecule has 1 fully saturated rings. The zero-order valence-electron chi connectivity index (χ0n) is 16.7. The van der Waals surface area contributed by atoms with E-state index in [-0.39, 0.29) is 10.6 Å². The highest BCUT2D eigenvalue weighted by Crippen LogP contribution is 2.37. The zero-order chi connectivity index (χ0) is 23.8. The standard InChI is InChI=1S/C20H16F7N3OS/c1-11-3-5-13(14(21)7-11)20(26,27)28-17-29(9-19(23,24)25)18(31)30(10-32-17)16-6-4-12(2)8-15(16)22/h3-8H,9-10H2,1-2H3. The summed E-state index contributed by atoms with van der Waals surface area (Å²) >= 11 is 0.374. The van der Waals surface area contributed by atoms with Crippen LogP contribution in [0.2, 0.25) is 0 Å². The van der Waals surface area contributed by atoms with E-state index < -0.39 is 53.0 Å². The summed E-state index contributed by atoms with van der Waals surface area (Å²) < 4.78 is 97.0. The van der Waals surface area contributed by atoms with Gasteiger partial charge in [-0.1, -0.05) is 23.9 Å². The molecule has 4 nitrogen and oxygen atoms in total. The normalized spacial score (nSPS) is 16.8. The maximum absolute atomic E-state index is 14.7. The van der Waals surface area contributed by atoms with Crippen molar-refractivity contribution in [3.8, 4) is 0 Å². The Bertz CT molecular complexity index is 1070. The molecule has 1 aliphatic heterocycles. The summed E-state index contributed by atoms with van der Waals surface area (Å²) in [6.45, 7) is 1.11. The summed E-state index contributed by atoms with van der Waals surface area (Å²) in [6.07, 6.45) is -4.96. The van der Waals surface area contributed by atoms with Gasteiger partial charge in [0.1, 0.15) is 18.2 Å². The number of hydrogen-bond donors (Lipinski definition) is 0. The van der Waals surface area contributed by atoms with E-state index in [4.69, 9.17) is 0 Å². The molecule has 1 heterocycles. The van der Waals surface area contributed by atoms with Crippen molar-refractivity contribution >= 4 is 28.6 Å². The van der Waals surface area contributed by atoms with Gasteiger partial charge in [-0.2, -0.15) is 26.9 Å². The van der Waals surface area contributed by atoms with Crippen LogP contribution in [0, 0.1) is 25.5 Å². The average molecular weight is 479 g/mol. The molecule has 0 N–H and O–H groups in total. The number of aryl methyl sites for hydroxylation is 2. The van der Waals surface area contributed by atoms with Gasteiger partial charge in [-0.05, 0) is 49.2 Å². The number of alkyl halides is 5. The molecule has 1 saturated heterocycles. The first-order chi connectivity index (χ1) is 14.8. The number of thioether (sulfide) groups is 1. The molecule has 2 aromatic rings. The molecule has 0 radical (unpaired) electrons. The summed E-state index contributed by atoms with van der Waals surface area (Å²) in [7, 11) is 0. The van der Waals surface area contributed by atoms with Gasteiger partial charge in [-0.25, -0.2) is 13.6 Å². The third-order valence-electron chi connectivity index (χ3n) is 4.43. The lowest BCUT2D eigenvalue weighted by atomic mass is 10.1. The minimum atomic E-state index is -4.96. The van der Waals surface area contributed by atoms with Crippen LogP contribution >= 0.6 is 11.8 Å². The van der Waals surface area contributed by atoms with Crippen molar-refractivity contribution in [3.05, 3.63) is 64.7 Å². The fraction of sp³-hybridized carbons (Fsp3) is 0.300. The number of anilines is 1. The van der Waals surface area contributed by atoms with E-state index in [2.05, 4.69) is 4.99 Å². The number of nitrogens with zero attached hydrogens (tertiary/aromatic N) is 3. The summed E-state index contributed by atoms with van der Waals surface area (Å²) in [5.41, 5.74) is -0.595. The third kappa shape index (κ3) is 5.17. The van der Waals surface area contributed by atoms with Gasteiger partial charge < -0.3 is 0 Å². The smallest absolute Gasteiger partial charge is 0.281 e. The summed E-state index contributed by atoms with van der Waals surface area (Å²) in [5, 5.41) is -0.957. The third-order valence-corrected chi connectivity index (χ3v) is 5.39. The Kier molecular flexibility index (Phi) is 6.45. The van der Waals surface area contributed by atoms with Crippen molar-refractivity contribution in [1.82, 2.24) is 4.90 Å². The van der Waals surface area contributed by atoms with Crippen molar-refractivity contribution < 1.29 is 35.5 Å². The molecule has 1 aliphatic rings. The van der Waals surface area contributed by atoms with Crippen LogP contribution in [-0.2, 0) is 6.05 Å². The number of halogens is 7. The maximum atomic E-state index is 14.7. The molecule has 0 aromatic heterocycles. The number of carbonyl (C=O) groups is 1. The quantitative estimate of drug-likeness (QED) is 0.388. The lowest BCUT2D eigenvalue weighted by Crippen LogP contribution is -2.53. The van der Waals surface area contributed by atoms with Crippen LogP contribution in [0.1, 0.15) is 16.7 Å². The number of rotatable bonds is 4. The van der Waals surface area contributed by atoms with Crippen LogP contribution in [0.3, 0.4) is 0 Å². The highest BCUT2D eigenvalue weighted by Gasteiger charge is 2.44. The number of urea groups is 1. The minimum absolute atomic E-state index is 0.0204. The molecule has 2 amide bonds. The molecule has 0 atom stereocenters. The fourth-order valence-electron chi connectivity index (χ4n) is 2.94. The molecule has 12 heteroatoms. The van der Waals surface area contributed by atoms with E-state index in [1.54, 1.807) is 6.92 Å². The van der Waals surface area contributed by atoms with E-state index in [1.165, 1.54) is 25.1 Å². The van der Waals surface area contributed by atoms with Gasteiger partial charge in [-0.15, -0.1) is 0 Å². The van der Waals surface area contributed by atoms with Gasteiger partial charge in [0, 0.05) is 0 Å². The molecule has 0 spiro atoms. The zero-order valence-corrected chi connectivity index (χ0v) is 17.5. The molecule has 0 aliphatic carbocycles. The van der Waals surface area contributed by atoms with E-state index in [1.807, 2.05) is 0 Å². The van der Waals surface area contributed by atoms with Crippen LogP contribution in [0.15, 0.2) is 41.4 Å². The summed E-state index contributed by atoms with van der Waals surface area (Å²) in [6, 6.07) is 0.893. The van der Waals surface area contributed by atoms with Gasteiger partial charge >= 0.3 is 18.3 Å². The van der Waals surface area contributed by atoms with Crippen molar-refractivity contribution in [2.75, 3.05) is 17.3 Å². The van der Waals surface area contributed by atoms with Crippen LogP contribution in [0.5, 0.6) is 0 Å². The van der Waals surface area contributed by atoms with E-state index in [0.717, 1.165) is 18.2 Å². The van der Waals surface area contributed by atoms with Crippen molar-refractivity contribution in [3.63, 3.8) is 0 Å². The average Bonchev–Trinajstić information content (AvgIpc) is 2.64. The number of hydrogen-bond acceptors (Lipinski definition) is 3. The van der Waals surface area contributed by atoms with Gasteiger partial charge in [0.05, 0.1) is 17.1 Å². The Balaban J connectivity index is 2.01. The molecule has 172 valence electrons. The molecular formula is C20H16F7N3OS. The summed E-state index contributed by atoms with van der Waals surface area (Å²) in [4.78, 5) is 16.4. The second-order valence-corrected chi connectivity index (χ2v) is 7.97. The Hall–Kier alpha value is -2.76. The first-order valence-corrected chi connectivity index (χ1v) is 10.1. The summed E-state index contributed by atoms with van der Waals surface area (Å²) in [5.74, 6) is -2.63. The highest BCUT2D eigenvalue weighted by atomic mass is 32.2. The fourth-order valence-corrected chi connectivity index (χ4v) is 3.91. The molecule has 2 aromatic carbocycles. The van der Waals surface area contributed by atoms with Crippen molar-refractivity contribution in [2.45, 2.75) is 26.1 Å². The van der Waals surface area contributed by atoms with Gasteiger partial charge in [-0.3, -0.25) is 9.80 Å². The maximum Gasteiger partial charge on any atom is 0.406 e. The lowest BCUT2D eigenvalue weighted by Gasteiger charge is -2.36. The van der Waals surface area contributed by atoms with E-state index in [9.17, 15) is 35.5 Å². The molecule has 32 heavy (non-hydrogen) atoms. The van der Waals surface area contributed by atoms with Crippen LogP contribution < -0.4 is 4.90 Å². The molecule has 0 unspecified atom stereocenters. The van der Waals surface area contributed by atoms with Crippen LogP contribution in [0.4, 0.5) is 41.2 Å². The molecular weight excluding hydrogens is 463 g/mol. The van der Waals surface area contributed by atoms with Crippen molar-refractivity contribution in [2.24, 2.45) is 4.99 Å². The van der Waals surface area contributed by atoms with Crippen LogP contribution in [0.25, 0.3) is 0 Å². The predicted octanol–water partition coefficient (Wildman–Crippen LogP) is 6.18. The largest absolute Gasteiger partial charge is 0.406 e.